The Morgan fingerprint density at radius 3 is 2.89 bits per heavy atom. The number of amides is 2. The Balaban J connectivity index is 1.85. The molecule has 1 aromatic rings. The fourth-order valence-electron chi connectivity index (χ4n) is 1.99. The number of esters is 1. The second kappa shape index (κ2) is 5.60. The predicted octanol–water partition coefficient (Wildman–Crippen LogP) is 0.759. The molecule has 1 aliphatic rings. The Kier molecular flexibility index (Phi) is 3.89. The third-order valence-corrected chi connectivity index (χ3v) is 2.87. The average molecular weight is 263 g/mol. The molecule has 19 heavy (non-hydrogen) atoms. The minimum atomic E-state index is -0.421. The third kappa shape index (κ3) is 3.37. The van der Waals surface area contributed by atoms with Crippen LogP contribution < -0.4 is 11.1 Å². The number of benzene rings is 1. The zero-order chi connectivity index (χ0) is 13.8. The van der Waals surface area contributed by atoms with Crippen LogP contribution in [0.2, 0.25) is 0 Å². The number of aryl methyl sites for hydroxylation is 1. The van der Waals surface area contributed by atoms with Crippen molar-refractivity contribution in [2.45, 2.75) is 6.92 Å². The first kappa shape index (κ1) is 13.2. The summed E-state index contributed by atoms with van der Waals surface area (Å²) in [7, 11) is 0. The molecule has 1 aliphatic heterocycles. The molecule has 0 aliphatic carbocycles. The quantitative estimate of drug-likeness (QED) is 0.620. The van der Waals surface area contributed by atoms with E-state index in [1.807, 2.05) is 6.92 Å². The molecule has 2 amide bonds. The van der Waals surface area contributed by atoms with E-state index < -0.39 is 5.97 Å². The van der Waals surface area contributed by atoms with Crippen molar-refractivity contribution in [3.05, 3.63) is 29.3 Å². The number of rotatable bonds is 4. The van der Waals surface area contributed by atoms with Crippen LogP contribution in [0.1, 0.15) is 15.9 Å². The van der Waals surface area contributed by atoms with Crippen LogP contribution in [0.25, 0.3) is 0 Å². The van der Waals surface area contributed by atoms with E-state index in [-0.39, 0.29) is 12.6 Å². The van der Waals surface area contributed by atoms with Crippen molar-refractivity contribution in [1.29, 1.82) is 0 Å². The van der Waals surface area contributed by atoms with Crippen LogP contribution >= 0.6 is 0 Å². The molecule has 1 fully saturated rings. The van der Waals surface area contributed by atoms with Crippen molar-refractivity contribution in [2.24, 2.45) is 0 Å². The van der Waals surface area contributed by atoms with Gasteiger partial charge >= 0.3 is 12.0 Å². The first-order chi connectivity index (χ1) is 9.06. The highest BCUT2D eigenvalue weighted by molar-refractivity contribution is 5.90. The monoisotopic (exact) mass is 263 g/mol. The molecule has 0 spiro atoms. The topological polar surface area (TPSA) is 84.7 Å². The Morgan fingerprint density at radius 1 is 1.47 bits per heavy atom. The molecule has 3 N–H and O–H groups in total. The molecule has 6 heteroatoms. The summed E-state index contributed by atoms with van der Waals surface area (Å²) in [6.07, 6.45) is 0. The minimum absolute atomic E-state index is 0.115. The predicted molar refractivity (Wildman–Crippen MR) is 70.8 cm³/mol. The number of hydrogen-bond donors (Lipinski definition) is 2. The lowest BCUT2D eigenvalue weighted by Gasteiger charge is -2.14. The lowest BCUT2D eigenvalue weighted by atomic mass is 10.1. The smallest absolute Gasteiger partial charge is 0.338 e. The SMILES string of the molecule is Cc1cc(N)cc(C(=O)OCCN2CCNC2=O)c1. The van der Waals surface area contributed by atoms with E-state index in [0.29, 0.717) is 30.9 Å². The van der Waals surface area contributed by atoms with Gasteiger partial charge in [-0.05, 0) is 30.7 Å². The molecule has 1 aromatic carbocycles. The Bertz CT molecular complexity index is 482. The van der Waals surface area contributed by atoms with Crippen molar-refractivity contribution < 1.29 is 14.3 Å². The summed E-state index contributed by atoms with van der Waals surface area (Å²) in [5.74, 6) is -0.421. The molecule has 102 valence electrons. The van der Waals surface area contributed by atoms with Gasteiger partial charge in [0.15, 0.2) is 0 Å². The zero-order valence-corrected chi connectivity index (χ0v) is 10.8. The summed E-state index contributed by atoms with van der Waals surface area (Å²) >= 11 is 0. The summed E-state index contributed by atoms with van der Waals surface area (Å²) in [6.45, 7) is 3.73. The van der Waals surface area contributed by atoms with E-state index >= 15 is 0 Å². The number of nitrogen functional groups attached to an aromatic ring is 1. The molecular formula is C13H17N3O3. The standard InChI is InChI=1S/C13H17N3O3/c1-9-6-10(8-11(14)7-9)12(17)19-5-4-16-3-2-15-13(16)18/h6-8H,2-5,14H2,1H3,(H,15,18). The van der Waals surface area contributed by atoms with Crippen LogP contribution in [0.15, 0.2) is 18.2 Å². The summed E-state index contributed by atoms with van der Waals surface area (Å²) in [5.41, 5.74) is 7.55. The van der Waals surface area contributed by atoms with Gasteiger partial charge in [-0.3, -0.25) is 0 Å². The van der Waals surface area contributed by atoms with Crippen LogP contribution in [-0.2, 0) is 4.74 Å². The lowest BCUT2D eigenvalue weighted by molar-refractivity contribution is 0.0481. The number of urea groups is 1. The van der Waals surface area contributed by atoms with Crippen LogP contribution in [-0.4, -0.2) is 43.1 Å². The van der Waals surface area contributed by atoms with Crippen molar-refractivity contribution in [3.63, 3.8) is 0 Å². The van der Waals surface area contributed by atoms with E-state index in [1.54, 1.807) is 23.1 Å². The Hall–Kier alpha value is -2.24. The maximum atomic E-state index is 11.8. The summed E-state index contributed by atoms with van der Waals surface area (Å²) in [5, 5.41) is 2.68. The molecule has 0 bridgehead atoms. The number of carbonyl (C=O) groups is 2. The van der Waals surface area contributed by atoms with Gasteiger partial charge in [-0.15, -0.1) is 0 Å². The van der Waals surface area contributed by atoms with Crippen molar-refractivity contribution in [1.82, 2.24) is 10.2 Å². The van der Waals surface area contributed by atoms with E-state index in [4.69, 9.17) is 10.5 Å². The summed E-state index contributed by atoms with van der Waals surface area (Å²) < 4.78 is 5.13. The number of nitrogens with zero attached hydrogens (tertiary/aromatic N) is 1. The average Bonchev–Trinajstić information content (AvgIpc) is 2.74. The molecule has 0 saturated carbocycles. The molecule has 2 rings (SSSR count). The van der Waals surface area contributed by atoms with E-state index in [9.17, 15) is 9.59 Å². The van der Waals surface area contributed by atoms with Gasteiger partial charge in [-0.25, -0.2) is 9.59 Å². The van der Waals surface area contributed by atoms with Gasteiger partial charge in [0.05, 0.1) is 12.1 Å². The van der Waals surface area contributed by atoms with Crippen LogP contribution in [0.3, 0.4) is 0 Å². The van der Waals surface area contributed by atoms with E-state index in [0.717, 1.165) is 5.56 Å². The van der Waals surface area contributed by atoms with Crippen LogP contribution in [0, 0.1) is 6.92 Å². The largest absolute Gasteiger partial charge is 0.460 e. The highest BCUT2D eigenvalue weighted by Gasteiger charge is 2.19. The Morgan fingerprint density at radius 2 is 2.26 bits per heavy atom. The maximum Gasteiger partial charge on any atom is 0.338 e. The van der Waals surface area contributed by atoms with E-state index in [1.165, 1.54) is 0 Å². The molecule has 0 unspecified atom stereocenters. The molecule has 0 atom stereocenters. The van der Waals surface area contributed by atoms with E-state index in [2.05, 4.69) is 5.32 Å². The van der Waals surface area contributed by atoms with Gasteiger partial charge in [-0.2, -0.15) is 0 Å². The second-order valence-corrected chi connectivity index (χ2v) is 4.49. The molecule has 1 heterocycles. The second-order valence-electron chi connectivity index (χ2n) is 4.49. The lowest BCUT2D eigenvalue weighted by Crippen LogP contribution is -2.31. The number of hydrogen-bond acceptors (Lipinski definition) is 4. The fraction of sp³-hybridized carbons (Fsp3) is 0.385. The normalized spacial score (nSPS) is 14.4. The van der Waals surface area contributed by atoms with Crippen LogP contribution in [0.4, 0.5) is 10.5 Å². The number of nitrogens with one attached hydrogen (secondary N) is 1. The third-order valence-electron chi connectivity index (χ3n) is 2.87. The van der Waals surface area contributed by atoms with Crippen molar-refractivity contribution in [2.75, 3.05) is 32.0 Å². The number of nitrogens with two attached hydrogens (primary N) is 1. The highest BCUT2D eigenvalue weighted by Crippen LogP contribution is 2.12. The molecule has 0 aromatic heterocycles. The summed E-state index contributed by atoms with van der Waals surface area (Å²) in [4.78, 5) is 24.7. The fourth-order valence-corrected chi connectivity index (χ4v) is 1.99. The van der Waals surface area contributed by atoms with Gasteiger partial charge in [0.25, 0.3) is 0 Å². The van der Waals surface area contributed by atoms with Crippen molar-refractivity contribution >= 4 is 17.7 Å². The number of carbonyl (C=O) groups excluding carboxylic acids is 2. The molecule has 0 radical (unpaired) electrons. The van der Waals surface area contributed by atoms with Gasteiger partial charge < -0.3 is 20.7 Å². The van der Waals surface area contributed by atoms with Gasteiger partial charge in [0.1, 0.15) is 6.61 Å². The number of anilines is 1. The van der Waals surface area contributed by atoms with Crippen LogP contribution in [0.5, 0.6) is 0 Å². The number of ether oxygens (including phenoxy) is 1. The highest BCUT2D eigenvalue weighted by atomic mass is 16.5. The minimum Gasteiger partial charge on any atom is -0.460 e. The first-order valence-electron chi connectivity index (χ1n) is 6.13. The zero-order valence-electron chi connectivity index (χ0n) is 10.8. The molecule has 1 saturated heterocycles. The first-order valence-corrected chi connectivity index (χ1v) is 6.13. The van der Waals surface area contributed by atoms with Crippen molar-refractivity contribution in [3.8, 4) is 0 Å². The van der Waals surface area contributed by atoms with Gasteiger partial charge in [-0.1, -0.05) is 0 Å². The van der Waals surface area contributed by atoms with Gasteiger partial charge in [0, 0.05) is 18.8 Å². The summed E-state index contributed by atoms with van der Waals surface area (Å²) in [6, 6.07) is 4.97. The molecular weight excluding hydrogens is 246 g/mol. The van der Waals surface area contributed by atoms with Gasteiger partial charge in [0.2, 0.25) is 0 Å². The molecule has 6 nitrogen and oxygen atoms in total. The Labute approximate surface area is 111 Å². The maximum absolute atomic E-state index is 11.8.